The van der Waals surface area contributed by atoms with E-state index >= 15 is 0 Å². The fourth-order valence-corrected chi connectivity index (χ4v) is 4.44. The van der Waals surface area contributed by atoms with Gasteiger partial charge in [-0.1, -0.05) is 44.2 Å². The molecule has 7 heteroatoms. The third-order valence-electron chi connectivity index (χ3n) is 6.32. The molecular weight excluding hydrogens is 419 g/mol. The summed E-state index contributed by atoms with van der Waals surface area (Å²) in [5, 5.41) is 4.18. The number of nitrogens with one attached hydrogen (secondary N) is 2. The third kappa shape index (κ3) is 5.60. The zero-order valence-corrected chi connectivity index (χ0v) is 19.2. The van der Waals surface area contributed by atoms with Gasteiger partial charge in [-0.15, -0.1) is 0 Å². The van der Waals surface area contributed by atoms with Gasteiger partial charge in [0.05, 0.1) is 19.0 Å². The summed E-state index contributed by atoms with van der Waals surface area (Å²) in [6.07, 6.45) is 2.29. The van der Waals surface area contributed by atoms with E-state index < -0.39 is 0 Å². The van der Waals surface area contributed by atoms with E-state index in [1.165, 1.54) is 12.1 Å². The second-order valence-electron chi connectivity index (χ2n) is 9.03. The van der Waals surface area contributed by atoms with E-state index in [0.717, 1.165) is 22.0 Å². The van der Waals surface area contributed by atoms with Crippen molar-refractivity contribution in [1.29, 1.82) is 0 Å². The number of aromatic amines is 1. The molecule has 33 heavy (non-hydrogen) atoms. The molecule has 174 valence electrons. The minimum Gasteiger partial charge on any atom is -0.361 e. The summed E-state index contributed by atoms with van der Waals surface area (Å²) in [6, 6.07) is 14.1. The normalized spacial score (nSPS) is 15.7. The molecule has 0 spiro atoms. The summed E-state index contributed by atoms with van der Waals surface area (Å²) in [5.41, 5.74) is 2.95. The van der Waals surface area contributed by atoms with Gasteiger partial charge in [-0.25, -0.2) is 4.39 Å². The molecule has 2 aromatic carbocycles. The lowest BCUT2D eigenvalue weighted by atomic mass is 9.96. The SMILES string of the molecule is CC(C)C(NC(=O)CN1CCN(C(=O)Cc2c[nH]c3ccccc23)CC1)c1ccc(F)cc1. The molecule has 1 aliphatic heterocycles. The molecule has 1 unspecified atom stereocenters. The molecule has 0 radical (unpaired) electrons. The highest BCUT2D eigenvalue weighted by molar-refractivity contribution is 5.89. The Morgan fingerprint density at radius 2 is 1.73 bits per heavy atom. The van der Waals surface area contributed by atoms with Crippen LogP contribution in [-0.2, 0) is 16.0 Å². The third-order valence-corrected chi connectivity index (χ3v) is 6.32. The maximum absolute atomic E-state index is 13.3. The van der Waals surface area contributed by atoms with Gasteiger partial charge in [-0.2, -0.15) is 0 Å². The highest BCUT2D eigenvalue weighted by atomic mass is 19.1. The number of hydrogen-bond acceptors (Lipinski definition) is 3. The van der Waals surface area contributed by atoms with Crippen LogP contribution in [0.25, 0.3) is 10.9 Å². The van der Waals surface area contributed by atoms with Crippen molar-refractivity contribution in [2.45, 2.75) is 26.3 Å². The van der Waals surface area contributed by atoms with Crippen molar-refractivity contribution in [2.24, 2.45) is 5.92 Å². The number of para-hydroxylation sites is 1. The average Bonchev–Trinajstić information content (AvgIpc) is 3.21. The zero-order chi connectivity index (χ0) is 23.4. The van der Waals surface area contributed by atoms with Crippen LogP contribution in [0.1, 0.15) is 31.0 Å². The van der Waals surface area contributed by atoms with E-state index in [0.29, 0.717) is 32.6 Å². The van der Waals surface area contributed by atoms with E-state index in [1.54, 1.807) is 12.1 Å². The van der Waals surface area contributed by atoms with Crippen LogP contribution in [0.2, 0.25) is 0 Å². The Labute approximate surface area is 193 Å². The van der Waals surface area contributed by atoms with Crippen molar-refractivity contribution in [3.05, 3.63) is 71.7 Å². The summed E-state index contributed by atoms with van der Waals surface area (Å²) in [4.78, 5) is 32.7. The minimum absolute atomic E-state index is 0.0587. The van der Waals surface area contributed by atoms with Crippen LogP contribution in [-0.4, -0.2) is 59.3 Å². The molecule has 1 aromatic heterocycles. The van der Waals surface area contributed by atoms with Crippen molar-refractivity contribution in [3.63, 3.8) is 0 Å². The Balaban J connectivity index is 1.27. The Hall–Kier alpha value is -3.19. The second kappa shape index (κ2) is 10.2. The first-order valence-corrected chi connectivity index (χ1v) is 11.5. The number of aromatic nitrogens is 1. The summed E-state index contributed by atoms with van der Waals surface area (Å²) in [6.45, 7) is 6.90. The van der Waals surface area contributed by atoms with Crippen LogP contribution >= 0.6 is 0 Å². The van der Waals surface area contributed by atoms with E-state index in [1.807, 2.05) is 49.2 Å². The molecule has 1 aliphatic rings. The smallest absolute Gasteiger partial charge is 0.234 e. The number of halogens is 1. The van der Waals surface area contributed by atoms with Gasteiger partial charge in [0.15, 0.2) is 0 Å². The molecule has 6 nitrogen and oxygen atoms in total. The molecule has 0 aliphatic carbocycles. The summed E-state index contributed by atoms with van der Waals surface area (Å²) in [7, 11) is 0. The van der Waals surface area contributed by atoms with E-state index in [4.69, 9.17) is 0 Å². The Morgan fingerprint density at radius 3 is 2.42 bits per heavy atom. The first-order chi connectivity index (χ1) is 15.9. The van der Waals surface area contributed by atoms with Crippen LogP contribution in [0.4, 0.5) is 4.39 Å². The number of hydrogen-bond donors (Lipinski definition) is 2. The molecule has 3 aromatic rings. The Kier molecular flexibility index (Phi) is 7.08. The van der Waals surface area contributed by atoms with E-state index in [2.05, 4.69) is 15.2 Å². The van der Waals surface area contributed by atoms with Crippen molar-refractivity contribution in [3.8, 4) is 0 Å². The lowest BCUT2D eigenvalue weighted by Crippen LogP contribution is -2.51. The van der Waals surface area contributed by atoms with Crippen LogP contribution in [0.15, 0.2) is 54.7 Å². The Morgan fingerprint density at radius 1 is 1.03 bits per heavy atom. The fraction of sp³-hybridized carbons (Fsp3) is 0.385. The second-order valence-corrected chi connectivity index (χ2v) is 9.03. The monoisotopic (exact) mass is 450 g/mol. The largest absolute Gasteiger partial charge is 0.361 e. The number of nitrogens with zero attached hydrogens (tertiary/aromatic N) is 2. The number of carbonyl (C=O) groups excluding carboxylic acids is 2. The molecule has 2 heterocycles. The molecule has 1 fully saturated rings. The number of rotatable bonds is 7. The van der Waals surface area contributed by atoms with Gasteiger partial charge >= 0.3 is 0 Å². The molecule has 0 saturated carbocycles. The molecule has 2 N–H and O–H groups in total. The van der Waals surface area contributed by atoms with Crippen LogP contribution in [0, 0.1) is 11.7 Å². The van der Waals surface area contributed by atoms with E-state index in [9.17, 15) is 14.0 Å². The van der Waals surface area contributed by atoms with Gasteiger partial charge in [0.25, 0.3) is 0 Å². The molecule has 1 atom stereocenters. The predicted molar refractivity (Wildman–Crippen MR) is 127 cm³/mol. The maximum atomic E-state index is 13.3. The first kappa shape index (κ1) is 23.0. The van der Waals surface area contributed by atoms with Crippen LogP contribution in [0.5, 0.6) is 0 Å². The van der Waals surface area contributed by atoms with Crippen molar-refractivity contribution >= 4 is 22.7 Å². The molecule has 0 bridgehead atoms. The first-order valence-electron chi connectivity index (χ1n) is 11.5. The number of amides is 2. The number of benzene rings is 2. The molecule has 2 amide bonds. The van der Waals surface area contributed by atoms with E-state index in [-0.39, 0.29) is 36.1 Å². The quantitative estimate of drug-likeness (QED) is 0.579. The fourth-order valence-electron chi connectivity index (χ4n) is 4.44. The number of H-pyrrole nitrogens is 1. The van der Waals surface area contributed by atoms with Gasteiger partial charge in [0, 0.05) is 43.3 Å². The molecule has 1 saturated heterocycles. The lowest BCUT2D eigenvalue weighted by molar-refractivity contribution is -0.132. The topological polar surface area (TPSA) is 68.4 Å². The Bertz CT molecular complexity index is 1100. The molecule has 4 rings (SSSR count). The standard InChI is InChI=1S/C26H31FN4O2/c1-18(2)26(19-7-9-21(27)10-8-19)29-24(32)17-30-11-13-31(14-12-30)25(33)15-20-16-28-23-6-4-3-5-22(20)23/h3-10,16,18,26,28H,11-15,17H2,1-2H3,(H,29,32). The molecular formula is C26H31FN4O2. The maximum Gasteiger partial charge on any atom is 0.234 e. The van der Waals surface area contributed by atoms with Gasteiger partial charge in [0.1, 0.15) is 5.82 Å². The van der Waals surface area contributed by atoms with Crippen LogP contribution < -0.4 is 5.32 Å². The number of fused-ring (bicyclic) bond motifs is 1. The summed E-state index contributed by atoms with van der Waals surface area (Å²) < 4.78 is 13.3. The van der Waals surface area contributed by atoms with Crippen molar-refractivity contribution in [1.82, 2.24) is 20.1 Å². The predicted octanol–water partition coefficient (Wildman–Crippen LogP) is 3.51. The van der Waals surface area contributed by atoms with Gasteiger partial charge < -0.3 is 15.2 Å². The van der Waals surface area contributed by atoms with Crippen molar-refractivity contribution < 1.29 is 14.0 Å². The number of carbonyl (C=O) groups is 2. The van der Waals surface area contributed by atoms with Gasteiger partial charge in [-0.05, 0) is 35.2 Å². The van der Waals surface area contributed by atoms with Crippen molar-refractivity contribution in [2.75, 3.05) is 32.7 Å². The summed E-state index contributed by atoms with van der Waals surface area (Å²) >= 11 is 0. The number of piperazine rings is 1. The lowest BCUT2D eigenvalue weighted by Gasteiger charge is -2.35. The average molecular weight is 451 g/mol. The van der Waals surface area contributed by atoms with Crippen LogP contribution in [0.3, 0.4) is 0 Å². The van der Waals surface area contributed by atoms with Gasteiger partial charge in [-0.3, -0.25) is 14.5 Å². The minimum atomic E-state index is -0.287. The summed E-state index contributed by atoms with van der Waals surface area (Å²) in [5.74, 6) is -0.0558. The highest BCUT2D eigenvalue weighted by Gasteiger charge is 2.25. The zero-order valence-electron chi connectivity index (χ0n) is 19.2. The highest BCUT2D eigenvalue weighted by Crippen LogP contribution is 2.22. The van der Waals surface area contributed by atoms with Gasteiger partial charge in [0.2, 0.25) is 11.8 Å².